The van der Waals surface area contributed by atoms with Crippen LogP contribution in [0.1, 0.15) is 26.7 Å². The molecule has 19 heavy (non-hydrogen) atoms. The maximum Gasteiger partial charge on any atom is 0.322 e. The second kappa shape index (κ2) is 4.80. The van der Waals surface area contributed by atoms with Gasteiger partial charge >= 0.3 is 6.03 Å². The third kappa shape index (κ3) is 2.42. The number of hydrogen-bond donors (Lipinski definition) is 3. The summed E-state index contributed by atoms with van der Waals surface area (Å²) in [6, 6.07) is -0.968. The molecule has 2 saturated heterocycles. The molecule has 0 aromatic heterocycles. The number of nitrogens with two attached hydrogens (primary N) is 1. The van der Waals surface area contributed by atoms with E-state index >= 15 is 0 Å². The van der Waals surface area contributed by atoms with Crippen molar-refractivity contribution in [2.45, 2.75) is 38.3 Å². The molecule has 0 unspecified atom stereocenters. The molecule has 7 heteroatoms. The predicted molar refractivity (Wildman–Crippen MR) is 68.0 cm³/mol. The Hall–Kier alpha value is -1.63. The van der Waals surface area contributed by atoms with Crippen LogP contribution in [0.3, 0.4) is 0 Å². The molecule has 1 atom stereocenters. The average Bonchev–Trinajstić information content (AvgIpc) is 2.63. The third-order valence-electron chi connectivity index (χ3n) is 3.95. The van der Waals surface area contributed by atoms with Crippen molar-refractivity contribution in [2.75, 3.05) is 13.1 Å². The number of imide groups is 1. The summed E-state index contributed by atoms with van der Waals surface area (Å²) in [5.41, 5.74) is 5.01. The van der Waals surface area contributed by atoms with E-state index in [1.165, 1.54) is 0 Å². The summed E-state index contributed by atoms with van der Waals surface area (Å²) < 4.78 is 0. The van der Waals surface area contributed by atoms with Gasteiger partial charge in [-0.1, -0.05) is 13.8 Å². The van der Waals surface area contributed by atoms with Crippen LogP contribution in [0, 0.1) is 5.92 Å². The number of amides is 4. The van der Waals surface area contributed by atoms with Gasteiger partial charge in [0.05, 0.1) is 6.04 Å². The van der Waals surface area contributed by atoms with E-state index in [1.807, 2.05) is 13.8 Å². The molecule has 1 spiro atoms. The first-order valence-corrected chi connectivity index (χ1v) is 6.54. The first-order chi connectivity index (χ1) is 8.85. The molecule has 0 aromatic carbocycles. The van der Waals surface area contributed by atoms with Gasteiger partial charge < -0.3 is 16.0 Å². The molecule has 0 bridgehead atoms. The summed E-state index contributed by atoms with van der Waals surface area (Å²) in [4.78, 5) is 36.7. The van der Waals surface area contributed by atoms with E-state index in [2.05, 4.69) is 10.6 Å². The second-order valence-electron chi connectivity index (χ2n) is 5.59. The lowest BCUT2D eigenvalue weighted by Crippen LogP contribution is -2.58. The standard InChI is InChI=1S/C12H20N4O3/c1-7(2)8(13)9(17)16-5-3-12(4-6-16)10(18)14-11(19)15-12/h7-8H,3-6,13H2,1-2H3,(H2,14,15,18,19)/t8-/m0/s1. The summed E-state index contributed by atoms with van der Waals surface area (Å²) in [6.07, 6.45) is 0.863. The largest absolute Gasteiger partial charge is 0.341 e. The molecule has 2 rings (SSSR count). The Labute approximate surface area is 111 Å². The molecule has 2 aliphatic rings. The van der Waals surface area contributed by atoms with Crippen molar-refractivity contribution in [1.82, 2.24) is 15.5 Å². The summed E-state index contributed by atoms with van der Waals surface area (Å²) in [6.45, 7) is 4.68. The third-order valence-corrected chi connectivity index (χ3v) is 3.95. The molecular weight excluding hydrogens is 248 g/mol. The van der Waals surface area contributed by atoms with Gasteiger partial charge in [-0.2, -0.15) is 0 Å². The highest BCUT2D eigenvalue weighted by atomic mass is 16.2. The fourth-order valence-corrected chi connectivity index (χ4v) is 2.48. The van der Waals surface area contributed by atoms with Gasteiger partial charge in [0, 0.05) is 13.1 Å². The zero-order valence-corrected chi connectivity index (χ0v) is 11.2. The number of hydrogen-bond acceptors (Lipinski definition) is 4. The van der Waals surface area contributed by atoms with Gasteiger partial charge in [0.1, 0.15) is 5.54 Å². The van der Waals surface area contributed by atoms with Crippen molar-refractivity contribution >= 4 is 17.8 Å². The van der Waals surface area contributed by atoms with Crippen molar-refractivity contribution in [2.24, 2.45) is 11.7 Å². The van der Waals surface area contributed by atoms with Crippen molar-refractivity contribution in [1.29, 1.82) is 0 Å². The number of carbonyl (C=O) groups is 3. The molecule has 0 radical (unpaired) electrons. The van der Waals surface area contributed by atoms with Crippen LogP contribution in [0.4, 0.5) is 4.79 Å². The quantitative estimate of drug-likeness (QED) is 0.568. The summed E-state index contributed by atoms with van der Waals surface area (Å²) in [5, 5.41) is 4.91. The monoisotopic (exact) mass is 268 g/mol. The number of urea groups is 1. The molecule has 7 nitrogen and oxygen atoms in total. The zero-order valence-electron chi connectivity index (χ0n) is 11.2. The number of nitrogens with one attached hydrogen (secondary N) is 2. The maximum atomic E-state index is 12.1. The average molecular weight is 268 g/mol. The van der Waals surface area contributed by atoms with Gasteiger partial charge in [-0.3, -0.25) is 14.9 Å². The van der Waals surface area contributed by atoms with Crippen molar-refractivity contribution in [3.63, 3.8) is 0 Å². The SMILES string of the molecule is CC(C)[C@H](N)C(=O)N1CCC2(CC1)NC(=O)NC2=O. The lowest BCUT2D eigenvalue weighted by Gasteiger charge is -2.38. The molecule has 2 aliphatic heterocycles. The fourth-order valence-electron chi connectivity index (χ4n) is 2.48. The van der Waals surface area contributed by atoms with Crippen molar-refractivity contribution in [3.05, 3.63) is 0 Å². The smallest absolute Gasteiger partial charge is 0.322 e. The molecule has 106 valence electrons. The molecule has 2 heterocycles. The summed E-state index contributed by atoms with van der Waals surface area (Å²) in [5.74, 6) is -0.301. The van der Waals surface area contributed by atoms with Gasteiger partial charge in [-0.15, -0.1) is 0 Å². The second-order valence-corrected chi connectivity index (χ2v) is 5.59. The van der Waals surface area contributed by atoms with E-state index in [9.17, 15) is 14.4 Å². The van der Waals surface area contributed by atoms with E-state index in [4.69, 9.17) is 5.73 Å². The van der Waals surface area contributed by atoms with Gasteiger partial charge in [0.2, 0.25) is 5.91 Å². The lowest BCUT2D eigenvalue weighted by atomic mass is 9.87. The number of nitrogens with zero attached hydrogens (tertiary/aromatic N) is 1. The molecule has 0 saturated carbocycles. The van der Waals surface area contributed by atoms with Crippen LogP contribution in [-0.2, 0) is 9.59 Å². The normalized spacial score (nSPS) is 23.5. The van der Waals surface area contributed by atoms with Crippen LogP contribution in [0.5, 0.6) is 0 Å². The van der Waals surface area contributed by atoms with E-state index in [-0.39, 0.29) is 17.7 Å². The minimum atomic E-state index is -0.838. The van der Waals surface area contributed by atoms with Crippen molar-refractivity contribution < 1.29 is 14.4 Å². The fraction of sp³-hybridized carbons (Fsp3) is 0.750. The Morgan fingerprint density at radius 2 is 1.89 bits per heavy atom. The van der Waals surface area contributed by atoms with E-state index in [0.717, 1.165) is 0 Å². The van der Waals surface area contributed by atoms with E-state index in [0.29, 0.717) is 25.9 Å². The van der Waals surface area contributed by atoms with Crippen LogP contribution in [-0.4, -0.2) is 47.4 Å². The summed E-state index contributed by atoms with van der Waals surface area (Å²) in [7, 11) is 0. The minimum Gasteiger partial charge on any atom is -0.341 e. The first-order valence-electron chi connectivity index (χ1n) is 6.54. The summed E-state index contributed by atoms with van der Waals surface area (Å²) >= 11 is 0. The first kappa shape index (κ1) is 13.8. The molecule has 2 fully saturated rings. The van der Waals surface area contributed by atoms with Crippen LogP contribution in [0.25, 0.3) is 0 Å². The number of rotatable bonds is 2. The minimum absolute atomic E-state index is 0.0814. The lowest BCUT2D eigenvalue weighted by molar-refractivity contribution is -0.137. The Balaban J connectivity index is 1.98. The Morgan fingerprint density at radius 3 is 2.32 bits per heavy atom. The molecule has 4 amide bonds. The Morgan fingerprint density at radius 1 is 1.32 bits per heavy atom. The topological polar surface area (TPSA) is 105 Å². The van der Waals surface area contributed by atoms with Gasteiger partial charge in [0.25, 0.3) is 5.91 Å². The Bertz CT molecular complexity index is 413. The van der Waals surface area contributed by atoms with Gasteiger partial charge in [-0.05, 0) is 18.8 Å². The molecule has 4 N–H and O–H groups in total. The van der Waals surface area contributed by atoms with Gasteiger partial charge in [0.15, 0.2) is 0 Å². The van der Waals surface area contributed by atoms with E-state index < -0.39 is 17.6 Å². The number of likely N-dealkylation sites (tertiary alicyclic amines) is 1. The molecular formula is C12H20N4O3. The van der Waals surface area contributed by atoms with E-state index in [1.54, 1.807) is 4.90 Å². The maximum absolute atomic E-state index is 12.1. The van der Waals surface area contributed by atoms with Crippen LogP contribution in [0.15, 0.2) is 0 Å². The highest BCUT2D eigenvalue weighted by Crippen LogP contribution is 2.26. The number of piperidine rings is 1. The van der Waals surface area contributed by atoms with Crippen LogP contribution < -0.4 is 16.4 Å². The number of carbonyl (C=O) groups excluding carboxylic acids is 3. The van der Waals surface area contributed by atoms with Crippen LogP contribution in [0.2, 0.25) is 0 Å². The Kier molecular flexibility index (Phi) is 3.49. The zero-order chi connectivity index (χ0) is 14.2. The molecule has 0 aromatic rings. The van der Waals surface area contributed by atoms with Crippen molar-refractivity contribution in [3.8, 4) is 0 Å². The van der Waals surface area contributed by atoms with Gasteiger partial charge in [-0.25, -0.2) is 4.79 Å². The predicted octanol–water partition coefficient (Wildman–Crippen LogP) is -0.830. The van der Waals surface area contributed by atoms with Crippen LogP contribution >= 0.6 is 0 Å². The highest BCUT2D eigenvalue weighted by molar-refractivity contribution is 6.07. The highest BCUT2D eigenvalue weighted by Gasteiger charge is 2.48. The molecule has 0 aliphatic carbocycles.